The highest BCUT2D eigenvalue weighted by Crippen LogP contribution is 2.38. The fourth-order valence-corrected chi connectivity index (χ4v) is 5.58. The lowest BCUT2D eigenvalue weighted by molar-refractivity contribution is -0.135. The largest absolute Gasteiger partial charge is 0.474 e. The highest BCUT2D eigenvalue weighted by atomic mass is 35.5. The van der Waals surface area contributed by atoms with E-state index < -0.39 is 0 Å². The quantitative estimate of drug-likeness (QED) is 0.445. The highest BCUT2D eigenvalue weighted by molar-refractivity contribution is 6.30. The van der Waals surface area contributed by atoms with Crippen LogP contribution >= 0.6 is 23.2 Å². The molecular weight excluding hydrogens is 497 g/mol. The maximum absolute atomic E-state index is 13.6. The minimum Gasteiger partial charge on any atom is -0.474 e. The van der Waals surface area contributed by atoms with E-state index in [1.54, 1.807) is 30.9 Å². The first-order valence-electron chi connectivity index (χ1n) is 12.3. The third-order valence-electron chi connectivity index (χ3n) is 7.32. The van der Waals surface area contributed by atoms with Gasteiger partial charge in [-0.15, -0.1) is 0 Å². The number of hydrogen-bond acceptors (Lipinski definition) is 6. The second-order valence-electron chi connectivity index (χ2n) is 9.53. The normalized spacial score (nSPS) is 21.4. The summed E-state index contributed by atoms with van der Waals surface area (Å²) in [4.78, 5) is 30.5. The van der Waals surface area contributed by atoms with Gasteiger partial charge in [-0.25, -0.2) is 15.0 Å². The molecule has 0 saturated carbocycles. The van der Waals surface area contributed by atoms with Crippen molar-refractivity contribution in [2.75, 3.05) is 31.1 Å². The first-order chi connectivity index (χ1) is 17.5. The van der Waals surface area contributed by atoms with Crippen LogP contribution in [0.15, 0.2) is 61.2 Å². The Kier molecular flexibility index (Phi) is 7.58. The van der Waals surface area contributed by atoms with Gasteiger partial charge in [0.1, 0.15) is 18.2 Å². The predicted octanol–water partition coefficient (Wildman–Crippen LogP) is 5.10. The number of nitrogens with zero attached hydrogens (tertiary/aromatic N) is 5. The number of likely N-dealkylation sites (tertiary alicyclic amines) is 1. The lowest BCUT2D eigenvalue weighted by atomic mass is 9.86. The van der Waals surface area contributed by atoms with Crippen LogP contribution in [0.2, 0.25) is 10.0 Å². The number of rotatable bonds is 6. The van der Waals surface area contributed by atoms with E-state index in [1.165, 1.54) is 0 Å². The Morgan fingerprint density at radius 1 is 1.00 bits per heavy atom. The van der Waals surface area contributed by atoms with Crippen molar-refractivity contribution in [3.63, 3.8) is 0 Å². The maximum Gasteiger partial charge on any atom is 0.225 e. The number of amides is 1. The summed E-state index contributed by atoms with van der Waals surface area (Å²) in [6, 6.07) is 13.4. The molecule has 0 aliphatic carbocycles. The maximum atomic E-state index is 13.6. The van der Waals surface area contributed by atoms with E-state index in [0.717, 1.165) is 37.3 Å². The number of piperidine rings is 1. The summed E-state index contributed by atoms with van der Waals surface area (Å²) in [7, 11) is 0. The number of benzene rings is 1. The Morgan fingerprint density at radius 2 is 1.75 bits per heavy atom. The molecule has 2 fully saturated rings. The summed E-state index contributed by atoms with van der Waals surface area (Å²) in [5.74, 6) is 1.96. The molecule has 3 atom stereocenters. The summed E-state index contributed by atoms with van der Waals surface area (Å²) >= 11 is 12.1. The molecule has 9 heteroatoms. The van der Waals surface area contributed by atoms with Crippen molar-refractivity contribution in [1.82, 2.24) is 19.9 Å². The minimum atomic E-state index is -0.142. The van der Waals surface area contributed by atoms with Crippen molar-refractivity contribution < 1.29 is 9.53 Å². The zero-order valence-electron chi connectivity index (χ0n) is 20.1. The number of aromatic nitrogens is 3. The number of anilines is 1. The van der Waals surface area contributed by atoms with Gasteiger partial charge in [0.2, 0.25) is 11.8 Å². The van der Waals surface area contributed by atoms with Gasteiger partial charge in [-0.1, -0.05) is 35.3 Å². The summed E-state index contributed by atoms with van der Waals surface area (Å²) in [5.41, 5.74) is 1.16. The monoisotopic (exact) mass is 525 g/mol. The Labute approximate surface area is 221 Å². The van der Waals surface area contributed by atoms with Gasteiger partial charge in [0.05, 0.1) is 5.02 Å². The SMILES string of the molecule is C[C@H](Oc1ccc(Cl)cn1)[C@H]1CN(C(=O)C2CCN(c3ccncn3)CC2)C[C@@H]1c1ccc(Cl)cc1. The summed E-state index contributed by atoms with van der Waals surface area (Å²) in [6.07, 6.45) is 6.39. The van der Waals surface area contributed by atoms with Crippen molar-refractivity contribution in [3.05, 3.63) is 76.8 Å². The molecule has 2 aliphatic rings. The van der Waals surface area contributed by atoms with Crippen LogP contribution in [0.25, 0.3) is 0 Å². The fourth-order valence-electron chi connectivity index (χ4n) is 5.34. The van der Waals surface area contributed by atoms with E-state index >= 15 is 0 Å². The summed E-state index contributed by atoms with van der Waals surface area (Å²) in [5, 5.41) is 1.27. The van der Waals surface area contributed by atoms with Crippen molar-refractivity contribution in [2.24, 2.45) is 11.8 Å². The molecular formula is C27H29Cl2N5O2. The van der Waals surface area contributed by atoms with Gasteiger partial charge in [-0.05, 0) is 49.6 Å². The number of carbonyl (C=O) groups is 1. The van der Waals surface area contributed by atoms with Gasteiger partial charge in [0, 0.05) is 67.4 Å². The molecule has 2 aliphatic heterocycles. The zero-order valence-corrected chi connectivity index (χ0v) is 21.6. The zero-order chi connectivity index (χ0) is 25.1. The molecule has 7 nitrogen and oxygen atoms in total. The van der Waals surface area contributed by atoms with E-state index in [0.29, 0.717) is 29.0 Å². The van der Waals surface area contributed by atoms with E-state index in [2.05, 4.69) is 38.9 Å². The molecule has 2 aromatic heterocycles. The van der Waals surface area contributed by atoms with Crippen molar-refractivity contribution in [3.8, 4) is 5.88 Å². The number of carbonyl (C=O) groups excluding carboxylic acids is 1. The van der Waals surface area contributed by atoms with Gasteiger partial charge >= 0.3 is 0 Å². The smallest absolute Gasteiger partial charge is 0.225 e. The van der Waals surface area contributed by atoms with Crippen LogP contribution in [0.3, 0.4) is 0 Å². The van der Waals surface area contributed by atoms with E-state index in [4.69, 9.17) is 27.9 Å². The number of ether oxygens (including phenoxy) is 1. The van der Waals surface area contributed by atoms with Gasteiger partial charge in [0.25, 0.3) is 0 Å². The fraction of sp³-hybridized carbons (Fsp3) is 0.407. The summed E-state index contributed by atoms with van der Waals surface area (Å²) < 4.78 is 6.21. The predicted molar refractivity (Wildman–Crippen MR) is 141 cm³/mol. The van der Waals surface area contributed by atoms with Crippen molar-refractivity contribution in [2.45, 2.75) is 31.8 Å². The number of hydrogen-bond donors (Lipinski definition) is 0. The van der Waals surface area contributed by atoms with Crippen LogP contribution in [0.4, 0.5) is 5.82 Å². The van der Waals surface area contributed by atoms with Crippen molar-refractivity contribution in [1.29, 1.82) is 0 Å². The van der Waals surface area contributed by atoms with Gasteiger partial charge < -0.3 is 14.5 Å². The average Bonchev–Trinajstić information content (AvgIpc) is 3.36. The molecule has 188 valence electrons. The highest BCUT2D eigenvalue weighted by Gasteiger charge is 2.42. The molecule has 2 saturated heterocycles. The third kappa shape index (κ3) is 5.57. The standard InChI is InChI=1S/C27H29Cl2N5O2/c1-18(36-26-7-6-22(29)14-31-26)23-15-34(16-24(23)19-2-4-21(28)5-3-19)27(35)20-9-12-33(13-10-20)25-8-11-30-17-32-25/h2-8,11,14,17-18,20,23-24H,9-10,12-13,15-16H2,1H3/t18-,23+,24+/m0/s1. The molecule has 0 bridgehead atoms. The molecule has 5 rings (SSSR count). The number of halogens is 2. The molecule has 0 unspecified atom stereocenters. The lowest BCUT2D eigenvalue weighted by Gasteiger charge is -2.33. The molecule has 1 aromatic carbocycles. The first kappa shape index (κ1) is 24.8. The van der Waals surface area contributed by atoms with Gasteiger partial charge in [0.15, 0.2) is 0 Å². The van der Waals surface area contributed by atoms with Crippen LogP contribution in [0, 0.1) is 11.8 Å². The number of pyridine rings is 1. The van der Waals surface area contributed by atoms with Crippen LogP contribution in [-0.4, -0.2) is 58.0 Å². The molecule has 0 spiro atoms. The van der Waals surface area contributed by atoms with E-state index in [-0.39, 0.29) is 29.8 Å². The third-order valence-corrected chi connectivity index (χ3v) is 7.79. The van der Waals surface area contributed by atoms with Crippen molar-refractivity contribution >= 4 is 34.9 Å². The Morgan fingerprint density at radius 3 is 2.42 bits per heavy atom. The van der Waals surface area contributed by atoms with Crippen LogP contribution < -0.4 is 9.64 Å². The van der Waals surface area contributed by atoms with E-state index in [9.17, 15) is 4.79 Å². The second-order valence-corrected chi connectivity index (χ2v) is 10.4. The first-order valence-corrected chi connectivity index (χ1v) is 13.1. The molecule has 0 radical (unpaired) electrons. The second kappa shape index (κ2) is 11.0. The summed E-state index contributed by atoms with van der Waals surface area (Å²) in [6.45, 7) is 4.99. The lowest BCUT2D eigenvalue weighted by Crippen LogP contribution is -2.42. The average molecular weight is 526 g/mol. The molecule has 36 heavy (non-hydrogen) atoms. The Bertz CT molecular complexity index is 1160. The minimum absolute atomic E-state index is 0.0156. The van der Waals surface area contributed by atoms with E-state index in [1.807, 2.05) is 23.1 Å². The van der Waals surface area contributed by atoms with Crippen LogP contribution in [0.1, 0.15) is 31.2 Å². The molecule has 1 amide bonds. The van der Waals surface area contributed by atoms with Crippen LogP contribution in [0.5, 0.6) is 5.88 Å². The molecule has 0 N–H and O–H groups in total. The topological polar surface area (TPSA) is 71.5 Å². The Hall–Kier alpha value is -2.90. The molecule has 4 heterocycles. The van der Waals surface area contributed by atoms with Crippen LogP contribution in [-0.2, 0) is 4.79 Å². The van der Waals surface area contributed by atoms with Gasteiger partial charge in [-0.2, -0.15) is 0 Å². The van der Waals surface area contributed by atoms with Gasteiger partial charge in [-0.3, -0.25) is 4.79 Å². The Balaban J connectivity index is 1.28. The molecule has 3 aromatic rings.